The second kappa shape index (κ2) is 56.1. The average Bonchev–Trinajstić information content (AvgIpc) is 0.829. The first-order chi connectivity index (χ1) is 45.3. The maximum atomic E-state index is 13.4. The lowest BCUT2D eigenvalue weighted by molar-refractivity contribution is -0.379. The van der Waals surface area contributed by atoms with E-state index in [1.807, 2.05) is 6.08 Å². The number of nitrogens with one attached hydrogen (secondary N) is 1. The summed E-state index contributed by atoms with van der Waals surface area (Å²) in [6.45, 7) is 1.75. The standard InChI is InChI=1S/C74H139NO18/c1-3-5-7-9-11-13-15-17-19-20-21-22-23-24-25-26-27-28-29-30-31-32-33-34-35-36-38-39-41-43-45-47-49-51-58(79)57(75-62(80)52-50-48-46-44-42-40-37-18-16-14-12-10-8-6-4-2)56-88-72-68(86)65(83)70(60(54-77)90-72)93-74-69(87)66(84)71(61(55-78)91-74)92-73-67(85)64(82)63(81)59(53-76)89-73/h41,43,49,51,57-61,63-74,76-79,81-87H,3-40,42,44-48,50,52-56H2,1-2H3,(H,75,80)/b43-41+,51-49+. The lowest BCUT2D eigenvalue weighted by atomic mass is 9.96. The minimum absolute atomic E-state index is 0.240. The largest absolute Gasteiger partial charge is 0.394 e. The third-order valence-corrected chi connectivity index (χ3v) is 19.3. The Morgan fingerprint density at radius 2 is 0.688 bits per heavy atom. The molecular formula is C74H139NO18. The number of amides is 1. The Kier molecular flexibility index (Phi) is 51.5. The number of aliphatic hydroxyl groups excluding tert-OH is 11. The Bertz CT molecular complexity index is 1780. The van der Waals surface area contributed by atoms with Crippen molar-refractivity contribution in [1.29, 1.82) is 0 Å². The van der Waals surface area contributed by atoms with E-state index in [9.17, 15) is 61.0 Å². The van der Waals surface area contributed by atoms with E-state index >= 15 is 0 Å². The Morgan fingerprint density at radius 3 is 1.08 bits per heavy atom. The molecule has 12 N–H and O–H groups in total. The number of carbonyl (C=O) groups excluding carboxylic acids is 1. The number of rotatable bonds is 60. The normalized spacial score (nSPS) is 27.6. The minimum Gasteiger partial charge on any atom is -0.394 e. The van der Waals surface area contributed by atoms with Crippen LogP contribution in [-0.4, -0.2) is 193 Å². The van der Waals surface area contributed by atoms with Crippen LogP contribution in [0.1, 0.15) is 309 Å². The lowest BCUT2D eigenvalue weighted by Gasteiger charge is -2.48. The van der Waals surface area contributed by atoms with Crippen molar-refractivity contribution in [3.8, 4) is 0 Å². The molecule has 0 saturated carbocycles. The second-order valence-electron chi connectivity index (χ2n) is 27.5. The highest BCUT2D eigenvalue weighted by molar-refractivity contribution is 5.76. The number of allylic oxidation sites excluding steroid dienone is 3. The first-order valence-corrected chi connectivity index (χ1v) is 38.1. The van der Waals surface area contributed by atoms with E-state index in [1.165, 1.54) is 238 Å². The molecule has 1 amide bonds. The predicted molar refractivity (Wildman–Crippen MR) is 365 cm³/mol. The third kappa shape index (κ3) is 37.3. The van der Waals surface area contributed by atoms with Crippen LogP contribution in [0.5, 0.6) is 0 Å². The topological polar surface area (TPSA) is 307 Å². The van der Waals surface area contributed by atoms with Gasteiger partial charge in [-0.25, -0.2) is 0 Å². The van der Waals surface area contributed by atoms with Crippen molar-refractivity contribution < 1.29 is 89.4 Å². The highest BCUT2D eigenvalue weighted by Crippen LogP contribution is 2.33. The zero-order chi connectivity index (χ0) is 67.5. The molecule has 0 aromatic carbocycles. The molecule has 3 heterocycles. The van der Waals surface area contributed by atoms with Gasteiger partial charge in [0.1, 0.15) is 73.2 Å². The van der Waals surface area contributed by atoms with Gasteiger partial charge < -0.3 is 89.9 Å². The van der Waals surface area contributed by atoms with E-state index < -0.39 is 124 Å². The van der Waals surface area contributed by atoms with Crippen LogP contribution in [0.2, 0.25) is 0 Å². The van der Waals surface area contributed by atoms with Crippen molar-refractivity contribution in [3.05, 3.63) is 24.3 Å². The van der Waals surface area contributed by atoms with Crippen molar-refractivity contribution in [1.82, 2.24) is 5.32 Å². The van der Waals surface area contributed by atoms with Gasteiger partial charge in [-0.05, 0) is 32.1 Å². The Labute approximate surface area is 562 Å². The highest BCUT2D eigenvalue weighted by atomic mass is 16.8. The average molecular weight is 1330 g/mol. The van der Waals surface area contributed by atoms with Gasteiger partial charge in [0.2, 0.25) is 5.91 Å². The van der Waals surface area contributed by atoms with E-state index in [0.717, 1.165) is 38.5 Å². The molecule has 0 spiro atoms. The SMILES string of the molecule is CCCCCCCCCCCCCCCCCCCCCCCCCCCCC/C=C/CC/C=C/C(O)C(COC1OC(CO)C(OC2OC(CO)C(OC3OC(CO)C(O)C(O)C3O)C(O)C2O)C(O)C1O)NC(=O)CCCCCCCCCCCCCCCCC. The third-order valence-electron chi connectivity index (χ3n) is 19.3. The summed E-state index contributed by atoms with van der Waals surface area (Å²) in [6, 6.07) is -0.987. The fourth-order valence-electron chi connectivity index (χ4n) is 13.1. The predicted octanol–water partition coefficient (Wildman–Crippen LogP) is 11.4. The van der Waals surface area contributed by atoms with Crippen molar-refractivity contribution in [2.45, 2.75) is 413 Å². The molecule has 17 unspecified atom stereocenters. The summed E-state index contributed by atoms with van der Waals surface area (Å²) in [4.78, 5) is 13.4. The Hall–Kier alpha value is -1.73. The van der Waals surface area contributed by atoms with Crippen LogP contribution in [0.15, 0.2) is 24.3 Å². The molecule has 19 nitrogen and oxygen atoms in total. The van der Waals surface area contributed by atoms with Crippen molar-refractivity contribution in [3.63, 3.8) is 0 Å². The summed E-state index contributed by atoms with van der Waals surface area (Å²) in [7, 11) is 0. The van der Waals surface area contributed by atoms with E-state index in [-0.39, 0.29) is 18.9 Å². The quantitative estimate of drug-likeness (QED) is 0.0199. The first-order valence-electron chi connectivity index (χ1n) is 38.1. The van der Waals surface area contributed by atoms with Gasteiger partial charge in [0, 0.05) is 6.42 Å². The molecule has 0 aromatic heterocycles. The monoisotopic (exact) mass is 1330 g/mol. The molecule has 0 aliphatic carbocycles. The van der Waals surface area contributed by atoms with E-state index in [0.29, 0.717) is 12.8 Å². The second-order valence-corrected chi connectivity index (χ2v) is 27.5. The van der Waals surface area contributed by atoms with Crippen LogP contribution >= 0.6 is 0 Å². The minimum atomic E-state index is -1.98. The molecule has 0 radical (unpaired) electrons. The van der Waals surface area contributed by atoms with Crippen LogP contribution in [0, 0.1) is 0 Å². The van der Waals surface area contributed by atoms with E-state index in [2.05, 4.69) is 31.3 Å². The number of unbranched alkanes of at least 4 members (excludes halogenated alkanes) is 42. The van der Waals surface area contributed by atoms with Gasteiger partial charge in [0.15, 0.2) is 18.9 Å². The van der Waals surface area contributed by atoms with Crippen LogP contribution < -0.4 is 5.32 Å². The molecule has 3 fully saturated rings. The maximum absolute atomic E-state index is 13.4. The maximum Gasteiger partial charge on any atom is 0.220 e. The summed E-state index contributed by atoms with van der Waals surface area (Å²) in [5, 5.41) is 121. The zero-order valence-electron chi connectivity index (χ0n) is 58.3. The summed E-state index contributed by atoms with van der Waals surface area (Å²) < 4.78 is 34.4. The number of hydrogen-bond donors (Lipinski definition) is 12. The van der Waals surface area contributed by atoms with E-state index in [4.69, 9.17) is 28.4 Å². The van der Waals surface area contributed by atoms with Crippen molar-refractivity contribution >= 4 is 5.91 Å². The van der Waals surface area contributed by atoms with Gasteiger partial charge in [0.25, 0.3) is 0 Å². The summed E-state index contributed by atoms with van der Waals surface area (Å²) in [6.07, 6.45) is 39.0. The molecule has 3 aliphatic heterocycles. The number of ether oxygens (including phenoxy) is 6. The van der Waals surface area contributed by atoms with Crippen LogP contribution in [0.25, 0.3) is 0 Å². The van der Waals surface area contributed by atoms with Crippen LogP contribution in [0.4, 0.5) is 0 Å². The summed E-state index contributed by atoms with van der Waals surface area (Å²) in [5.74, 6) is -0.281. The number of hydrogen-bond acceptors (Lipinski definition) is 18. The van der Waals surface area contributed by atoms with Crippen molar-refractivity contribution in [2.75, 3.05) is 26.4 Å². The molecule has 0 bridgehead atoms. The van der Waals surface area contributed by atoms with Gasteiger partial charge in [-0.2, -0.15) is 0 Å². The molecule has 19 heteroatoms. The van der Waals surface area contributed by atoms with Gasteiger partial charge in [-0.3, -0.25) is 4.79 Å². The number of aliphatic hydroxyl groups is 11. The van der Waals surface area contributed by atoms with Gasteiger partial charge in [0.05, 0.1) is 38.6 Å². The van der Waals surface area contributed by atoms with Gasteiger partial charge in [-0.1, -0.05) is 295 Å². The molecule has 3 saturated heterocycles. The van der Waals surface area contributed by atoms with Gasteiger partial charge in [-0.15, -0.1) is 0 Å². The number of carbonyl (C=O) groups is 1. The first kappa shape index (κ1) is 85.5. The molecule has 3 aliphatic rings. The molecule has 93 heavy (non-hydrogen) atoms. The lowest BCUT2D eigenvalue weighted by Crippen LogP contribution is -2.66. The molecular weight excluding hydrogens is 1190 g/mol. The fourth-order valence-corrected chi connectivity index (χ4v) is 13.1. The smallest absolute Gasteiger partial charge is 0.220 e. The molecule has 3 rings (SSSR count). The summed E-state index contributed by atoms with van der Waals surface area (Å²) >= 11 is 0. The van der Waals surface area contributed by atoms with Crippen LogP contribution in [-0.2, 0) is 33.2 Å². The zero-order valence-corrected chi connectivity index (χ0v) is 58.3. The fraction of sp³-hybridized carbons (Fsp3) is 0.932. The van der Waals surface area contributed by atoms with Crippen molar-refractivity contribution in [2.24, 2.45) is 0 Å². The Morgan fingerprint density at radius 1 is 0.376 bits per heavy atom. The highest BCUT2D eigenvalue weighted by Gasteiger charge is 2.53. The Balaban J connectivity index is 1.37. The molecule has 0 aromatic rings. The summed E-state index contributed by atoms with van der Waals surface area (Å²) in [5.41, 5.74) is 0. The van der Waals surface area contributed by atoms with Gasteiger partial charge >= 0.3 is 0 Å². The molecule has 548 valence electrons. The van der Waals surface area contributed by atoms with Crippen LogP contribution in [0.3, 0.4) is 0 Å². The van der Waals surface area contributed by atoms with E-state index in [1.54, 1.807) is 6.08 Å². The molecule has 17 atom stereocenters.